The summed E-state index contributed by atoms with van der Waals surface area (Å²) in [5.41, 5.74) is 3.09. The summed E-state index contributed by atoms with van der Waals surface area (Å²) < 4.78 is 5.97. The Balaban J connectivity index is 1.20. The molecule has 6 rings (SSSR count). The molecule has 3 aliphatic heterocycles. The van der Waals surface area contributed by atoms with Crippen molar-refractivity contribution >= 4 is 41.0 Å². The molecule has 3 aromatic rings. The number of piperidine rings is 1. The first-order valence-corrected chi connectivity index (χ1v) is 15.0. The fraction of sp³-hybridized carbons (Fsp3) is 0.355. The maximum absolute atomic E-state index is 13.6. The molecule has 1 fully saturated rings. The number of thioether (sulfide) groups is 1. The van der Waals surface area contributed by atoms with Crippen LogP contribution in [0.5, 0.6) is 11.5 Å². The number of nitrogens with one attached hydrogen (secondary N) is 2. The van der Waals surface area contributed by atoms with Gasteiger partial charge >= 0.3 is 6.03 Å². The van der Waals surface area contributed by atoms with Crippen molar-refractivity contribution in [1.29, 1.82) is 0 Å². The predicted octanol–water partition coefficient (Wildman–Crippen LogP) is 4.29. The molecule has 2 aromatic carbocycles. The van der Waals surface area contributed by atoms with Gasteiger partial charge in [-0.3, -0.25) is 14.5 Å². The maximum Gasteiger partial charge on any atom is 0.327 e. The number of aliphatic hydroxyl groups is 1. The zero-order valence-electron chi connectivity index (χ0n) is 23.4. The minimum Gasteiger partial charge on any atom is -0.457 e. The Hall–Kier alpha value is -4.09. The molecule has 0 saturated carbocycles. The number of likely N-dealkylation sites (tertiary alicyclic amines) is 1. The smallest absolute Gasteiger partial charge is 0.327 e. The number of amides is 4. The van der Waals surface area contributed by atoms with Crippen LogP contribution < -0.4 is 20.3 Å². The topological polar surface area (TPSA) is 124 Å². The number of benzene rings is 2. The third-order valence-electron chi connectivity index (χ3n) is 7.93. The van der Waals surface area contributed by atoms with Gasteiger partial charge in [0.05, 0.1) is 29.9 Å². The molecule has 42 heavy (non-hydrogen) atoms. The van der Waals surface area contributed by atoms with Crippen molar-refractivity contribution < 1.29 is 24.2 Å². The summed E-state index contributed by atoms with van der Waals surface area (Å²) in [6.45, 7) is 4.43. The minimum absolute atomic E-state index is 0.109. The molecular weight excluding hydrogens is 554 g/mol. The second kappa shape index (κ2) is 11.7. The van der Waals surface area contributed by atoms with Crippen LogP contribution in [0.25, 0.3) is 0 Å². The largest absolute Gasteiger partial charge is 0.457 e. The van der Waals surface area contributed by atoms with Gasteiger partial charge in [-0.2, -0.15) is 0 Å². The van der Waals surface area contributed by atoms with Crippen molar-refractivity contribution in [3.05, 3.63) is 71.9 Å². The van der Waals surface area contributed by atoms with Gasteiger partial charge < -0.3 is 25.4 Å². The molecule has 3 aliphatic rings. The number of urea groups is 1. The zero-order chi connectivity index (χ0) is 29.4. The van der Waals surface area contributed by atoms with Crippen LogP contribution in [0.2, 0.25) is 0 Å². The standard InChI is InChI=1S/C31H33N5O5S/c1-18-15-22(41-21-8-4-3-5-9-21)10-11-23(18)36-24-12-13-32-29-25(24)26(34-31(36)40)27(42-29)28(38)33-20-7-6-14-35(16-20)30(39)19(2)17-37/h3-5,8-13,15,19-20,26-27,37H,6-7,14,16-17H2,1-2H3,(H,33,38)(H,34,40)/t19-,20-,26?,27?/m1/s1. The normalized spacial score (nSPS) is 21.8. The number of aryl methyl sites for hydroxylation is 1. The van der Waals surface area contributed by atoms with E-state index in [9.17, 15) is 19.5 Å². The van der Waals surface area contributed by atoms with Gasteiger partial charge in [0.25, 0.3) is 0 Å². The summed E-state index contributed by atoms with van der Waals surface area (Å²) in [5, 5.41) is 15.7. The van der Waals surface area contributed by atoms with Gasteiger partial charge in [0.2, 0.25) is 11.8 Å². The Morgan fingerprint density at radius 3 is 2.74 bits per heavy atom. The van der Waals surface area contributed by atoms with Crippen LogP contribution in [-0.2, 0) is 9.59 Å². The molecule has 0 bridgehead atoms. The monoisotopic (exact) mass is 587 g/mol. The average Bonchev–Trinajstić information content (AvgIpc) is 3.37. The van der Waals surface area contributed by atoms with Crippen molar-refractivity contribution in [2.24, 2.45) is 5.92 Å². The van der Waals surface area contributed by atoms with Gasteiger partial charge in [-0.15, -0.1) is 0 Å². The SMILES string of the molecule is Cc1cc(Oc2ccccc2)ccc1N1C(=O)NC2c3c1ccnc3SC2C(=O)N[C@@H]1CCCN(C(=O)[C@H](C)CO)C1. The van der Waals surface area contributed by atoms with Gasteiger partial charge in [0.1, 0.15) is 21.8 Å². The molecular formula is C31H33N5O5S. The van der Waals surface area contributed by atoms with E-state index < -0.39 is 17.2 Å². The number of hydrogen-bond donors (Lipinski definition) is 3. The van der Waals surface area contributed by atoms with E-state index in [1.54, 1.807) is 22.9 Å². The number of carbonyl (C=O) groups is 3. The third kappa shape index (κ3) is 5.30. The van der Waals surface area contributed by atoms with Crippen molar-refractivity contribution in [2.45, 2.75) is 49.0 Å². The highest BCUT2D eigenvalue weighted by Crippen LogP contribution is 2.51. The highest BCUT2D eigenvalue weighted by molar-refractivity contribution is 8.01. The molecule has 218 valence electrons. The quantitative estimate of drug-likeness (QED) is 0.377. The fourth-order valence-corrected chi connectivity index (χ4v) is 7.04. The number of aromatic nitrogens is 1. The molecule has 4 atom stereocenters. The summed E-state index contributed by atoms with van der Waals surface area (Å²) in [6.07, 6.45) is 3.19. The summed E-state index contributed by atoms with van der Waals surface area (Å²) in [6, 6.07) is 15.9. The van der Waals surface area contributed by atoms with Crippen LogP contribution in [0.4, 0.5) is 16.2 Å². The molecule has 0 aliphatic carbocycles. The zero-order valence-corrected chi connectivity index (χ0v) is 24.3. The summed E-state index contributed by atoms with van der Waals surface area (Å²) in [5.74, 6) is 0.612. The van der Waals surface area contributed by atoms with E-state index in [0.29, 0.717) is 35.2 Å². The van der Waals surface area contributed by atoms with Crippen molar-refractivity contribution in [3.63, 3.8) is 0 Å². The number of pyridine rings is 1. The van der Waals surface area contributed by atoms with Gasteiger partial charge in [-0.05, 0) is 61.7 Å². The van der Waals surface area contributed by atoms with E-state index >= 15 is 0 Å². The highest BCUT2D eigenvalue weighted by Gasteiger charge is 2.47. The van der Waals surface area contributed by atoms with Crippen LogP contribution in [0.3, 0.4) is 0 Å². The lowest BCUT2D eigenvalue weighted by molar-refractivity contribution is -0.138. The molecule has 0 spiro atoms. The van der Waals surface area contributed by atoms with Crippen molar-refractivity contribution in [2.75, 3.05) is 24.6 Å². The first-order chi connectivity index (χ1) is 20.3. The number of anilines is 2. The highest BCUT2D eigenvalue weighted by atomic mass is 32.2. The average molecular weight is 588 g/mol. The molecule has 1 aromatic heterocycles. The third-order valence-corrected chi connectivity index (χ3v) is 9.22. The summed E-state index contributed by atoms with van der Waals surface area (Å²) >= 11 is 1.34. The summed E-state index contributed by atoms with van der Waals surface area (Å²) in [4.78, 5) is 47.7. The van der Waals surface area contributed by atoms with Crippen LogP contribution in [0.15, 0.2) is 65.8 Å². The van der Waals surface area contributed by atoms with E-state index in [2.05, 4.69) is 15.6 Å². The van der Waals surface area contributed by atoms with Gasteiger partial charge in [-0.1, -0.05) is 36.9 Å². The second-order valence-corrected chi connectivity index (χ2v) is 12.1. The van der Waals surface area contributed by atoms with Crippen LogP contribution in [-0.4, -0.2) is 63.8 Å². The van der Waals surface area contributed by atoms with Crippen LogP contribution in [0, 0.1) is 12.8 Å². The number of ether oxygens (including phenoxy) is 1. The Labute approximate surface area is 248 Å². The lowest BCUT2D eigenvalue weighted by Gasteiger charge is -2.36. The Kier molecular flexibility index (Phi) is 7.78. The Morgan fingerprint density at radius 2 is 1.98 bits per heavy atom. The molecule has 4 heterocycles. The molecule has 0 radical (unpaired) electrons. The molecule has 3 N–H and O–H groups in total. The first-order valence-electron chi connectivity index (χ1n) is 14.1. The first kappa shape index (κ1) is 28.0. The molecule has 1 saturated heterocycles. The number of hydrogen-bond acceptors (Lipinski definition) is 7. The number of nitrogens with zero attached hydrogens (tertiary/aromatic N) is 3. The van der Waals surface area contributed by atoms with Crippen molar-refractivity contribution in [3.8, 4) is 11.5 Å². The van der Waals surface area contributed by atoms with E-state index in [1.165, 1.54) is 11.8 Å². The molecule has 2 unspecified atom stereocenters. The van der Waals surface area contributed by atoms with Crippen molar-refractivity contribution in [1.82, 2.24) is 20.5 Å². The number of rotatable bonds is 7. The lowest BCUT2D eigenvalue weighted by Crippen LogP contribution is -2.54. The Bertz CT molecular complexity index is 1520. The Morgan fingerprint density at radius 1 is 1.17 bits per heavy atom. The second-order valence-electron chi connectivity index (χ2n) is 10.9. The molecule has 4 amide bonds. The minimum atomic E-state index is -0.593. The van der Waals surface area contributed by atoms with Crippen LogP contribution in [0.1, 0.15) is 36.9 Å². The maximum atomic E-state index is 13.6. The van der Waals surface area contributed by atoms with Gasteiger partial charge in [0.15, 0.2) is 0 Å². The summed E-state index contributed by atoms with van der Waals surface area (Å²) in [7, 11) is 0. The number of para-hydroxylation sites is 1. The van der Waals surface area contributed by atoms with E-state index in [0.717, 1.165) is 29.7 Å². The predicted molar refractivity (Wildman–Crippen MR) is 159 cm³/mol. The van der Waals surface area contributed by atoms with E-state index in [1.807, 2.05) is 61.5 Å². The van der Waals surface area contributed by atoms with E-state index in [-0.39, 0.29) is 30.5 Å². The number of carbonyl (C=O) groups excluding carboxylic acids is 3. The van der Waals surface area contributed by atoms with Gasteiger partial charge in [0, 0.05) is 30.9 Å². The van der Waals surface area contributed by atoms with E-state index in [4.69, 9.17) is 4.74 Å². The molecule has 10 nitrogen and oxygen atoms in total. The molecule has 11 heteroatoms. The lowest BCUT2D eigenvalue weighted by atomic mass is 9.98. The van der Waals surface area contributed by atoms with Gasteiger partial charge in [-0.25, -0.2) is 9.78 Å². The van der Waals surface area contributed by atoms with Crippen LogP contribution >= 0.6 is 11.8 Å². The number of aliphatic hydroxyl groups excluding tert-OH is 1. The fourth-order valence-electron chi connectivity index (χ4n) is 5.80.